The first kappa shape index (κ1) is 18.3. The number of aryl methyl sites for hydroxylation is 1. The minimum absolute atomic E-state index is 0.143. The van der Waals surface area contributed by atoms with E-state index in [-0.39, 0.29) is 5.91 Å². The Morgan fingerprint density at radius 1 is 1.04 bits per heavy atom. The number of amides is 1. The average Bonchev–Trinajstić information content (AvgIpc) is 3.08. The van der Waals surface area contributed by atoms with Crippen LogP contribution >= 0.6 is 11.6 Å². The first-order valence-corrected chi connectivity index (χ1v) is 9.42. The Labute approximate surface area is 168 Å². The van der Waals surface area contributed by atoms with Gasteiger partial charge in [0.15, 0.2) is 11.5 Å². The van der Waals surface area contributed by atoms with Crippen molar-refractivity contribution < 1.29 is 9.21 Å². The average molecular weight is 391 g/mol. The molecule has 0 bridgehead atoms. The second-order valence-electron chi connectivity index (χ2n) is 6.77. The second-order valence-corrected chi connectivity index (χ2v) is 7.20. The molecule has 0 aliphatic rings. The van der Waals surface area contributed by atoms with Gasteiger partial charge >= 0.3 is 0 Å². The van der Waals surface area contributed by atoms with Crippen molar-refractivity contribution in [3.8, 4) is 0 Å². The normalized spacial score (nSPS) is 10.9. The number of hydrogen-bond donors (Lipinski definition) is 1. The fraction of sp³-hybridized carbons (Fsp3) is 0.130. The van der Waals surface area contributed by atoms with E-state index in [0.29, 0.717) is 35.0 Å². The molecule has 0 atom stereocenters. The Morgan fingerprint density at radius 3 is 2.64 bits per heavy atom. The lowest BCUT2D eigenvalue weighted by atomic mass is 10.1. The highest BCUT2D eigenvalue weighted by Gasteiger charge is 2.11. The van der Waals surface area contributed by atoms with Crippen molar-refractivity contribution >= 4 is 28.6 Å². The van der Waals surface area contributed by atoms with E-state index in [1.807, 2.05) is 55.5 Å². The Hall–Kier alpha value is -3.11. The topological polar surface area (TPSA) is 55.1 Å². The fourth-order valence-electron chi connectivity index (χ4n) is 3.00. The molecule has 1 amide bonds. The number of halogens is 1. The van der Waals surface area contributed by atoms with Crippen LogP contribution < -0.4 is 5.32 Å². The van der Waals surface area contributed by atoms with Gasteiger partial charge in [-0.25, -0.2) is 4.98 Å². The number of nitrogens with one attached hydrogen (secondary N) is 1. The zero-order chi connectivity index (χ0) is 19.5. The molecule has 0 fully saturated rings. The highest BCUT2D eigenvalue weighted by atomic mass is 35.5. The van der Waals surface area contributed by atoms with Crippen LogP contribution in [0.2, 0.25) is 5.02 Å². The third-order valence-corrected chi connectivity index (χ3v) is 4.75. The van der Waals surface area contributed by atoms with Crippen LogP contribution in [0.1, 0.15) is 32.9 Å². The van der Waals surface area contributed by atoms with Crippen molar-refractivity contribution in [1.29, 1.82) is 0 Å². The van der Waals surface area contributed by atoms with Gasteiger partial charge < -0.3 is 9.73 Å². The molecule has 0 spiro atoms. The monoisotopic (exact) mass is 390 g/mol. The molecule has 5 heteroatoms. The molecule has 0 aliphatic carbocycles. The molecule has 0 saturated carbocycles. The van der Waals surface area contributed by atoms with Crippen LogP contribution in [0.5, 0.6) is 0 Å². The quantitative estimate of drug-likeness (QED) is 0.502. The molecular weight excluding hydrogens is 372 g/mol. The van der Waals surface area contributed by atoms with Crippen molar-refractivity contribution in [3.05, 3.63) is 99.9 Å². The lowest BCUT2D eigenvalue weighted by Gasteiger charge is -2.05. The smallest absolute Gasteiger partial charge is 0.251 e. The van der Waals surface area contributed by atoms with Gasteiger partial charge in [-0.1, -0.05) is 53.6 Å². The molecule has 0 unspecified atom stereocenters. The SMILES string of the molecule is Cc1ccc(CNC(=O)c2ccc3nc(Cc4cccc(Cl)c4)oc3c2)cc1. The van der Waals surface area contributed by atoms with Gasteiger partial charge in [-0.05, 0) is 48.4 Å². The number of carbonyl (C=O) groups excluding carboxylic acids is 1. The molecule has 0 saturated heterocycles. The predicted molar refractivity (Wildman–Crippen MR) is 111 cm³/mol. The van der Waals surface area contributed by atoms with Crippen molar-refractivity contribution in [2.24, 2.45) is 0 Å². The van der Waals surface area contributed by atoms with Gasteiger partial charge in [0.2, 0.25) is 0 Å². The van der Waals surface area contributed by atoms with E-state index in [1.165, 1.54) is 5.56 Å². The van der Waals surface area contributed by atoms with Crippen LogP contribution in [-0.2, 0) is 13.0 Å². The van der Waals surface area contributed by atoms with Gasteiger partial charge in [0, 0.05) is 23.6 Å². The molecule has 4 nitrogen and oxygen atoms in total. The second kappa shape index (κ2) is 7.87. The van der Waals surface area contributed by atoms with Crippen LogP contribution in [0.3, 0.4) is 0 Å². The van der Waals surface area contributed by atoms with Crippen molar-refractivity contribution in [2.75, 3.05) is 0 Å². The van der Waals surface area contributed by atoms with E-state index in [0.717, 1.165) is 16.6 Å². The first-order chi connectivity index (χ1) is 13.6. The first-order valence-electron chi connectivity index (χ1n) is 9.04. The van der Waals surface area contributed by atoms with Crippen molar-refractivity contribution in [3.63, 3.8) is 0 Å². The number of carbonyl (C=O) groups is 1. The summed E-state index contributed by atoms with van der Waals surface area (Å²) in [6, 6.07) is 21.0. The standard InChI is InChI=1S/C23H19ClN2O2/c1-15-5-7-16(8-6-15)14-25-23(27)18-9-10-20-21(13-18)28-22(26-20)12-17-3-2-4-19(24)11-17/h2-11,13H,12,14H2,1H3,(H,25,27). The summed E-state index contributed by atoms with van der Waals surface area (Å²) in [7, 11) is 0. The summed E-state index contributed by atoms with van der Waals surface area (Å²) in [6.45, 7) is 2.52. The van der Waals surface area contributed by atoms with Crippen LogP contribution in [0.4, 0.5) is 0 Å². The number of oxazole rings is 1. The molecule has 28 heavy (non-hydrogen) atoms. The number of hydrogen-bond acceptors (Lipinski definition) is 3. The maximum Gasteiger partial charge on any atom is 0.251 e. The minimum atomic E-state index is -0.143. The van der Waals surface area contributed by atoms with Crippen LogP contribution in [-0.4, -0.2) is 10.9 Å². The fourth-order valence-corrected chi connectivity index (χ4v) is 3.21. The molecule has 1 heterocycles. The van der Waals surface area contributed by atoms with Gasteiger partial charge in [0.25, 0.3) is 5.91 Å². The van der Waals surface area contributed by atoms with E-state index >= 15 is 0 Å². The molecule has 1 aromatic heterocycles. The van der Waals surface area contributed by atoms with Gasteiger partial charge in [0.05, 0.1) is 0 Å². The third kappa shape index (κ3) is 4.24. The minimum Gasteiger partial charge on any atom is -0.440 e. The van der Waals surface area contributed by atoms with E-state index in [9.17, 15) is 4.79 Å². The zero-order valence-corrected chi connectivity index (χ0v) is 16.2. The van der Waals surface area contributed by atoms with Gasteiger partial charge in [-0.15, -0.1) is 0 Å². The van der Waals surface area contributed by atoms with Gasteiger partial charge in [-0.3, -0.25) is 4.79 Å². The molecule has 3 aromatic carbocycles. The summed E-state index contributed by atoms with van der Waals surface area (Å²) in [6.07, 6.45) is 0.546. The summed E-state index contributed by atoms with van der Waals surface area (Å²) < 4.78 is 5.84. The highest BCUT2D eigenvalue weighted by molar-refractivity contribution is 6.30. The summed E-state index contributed by atoms with van der Waals surface area (Å²) in [5, 5.41) is 3.62. The van der Waals surface area contributed by atoms with Gasteiger partial charge in [0.1, 0.15) is 5.52 Å². The number of rotatable bonds is 5. The largest absolute Gasteiger partial charge is 0.440 e. The summed E-state index contributed by atoms with van der Waals surface area (Å²) in [5.74, 6) is 0.449. The number of benzene rings is 3. The molecule has 0 aliphatic heterocycles. The molecule has 140 valence electrons. The van der Waals surface area contributed by atoms with Gasteiger partial charge in [-0.2, -0.15) is 0 Å². The number of fused-ring (bicyclic) bond motifs is 1. The molecule has 0 radical (unpaired) electrons. The highest BCUT2D eigenvalue weighted by Crippen LogP contribution is 2.21. The van der Waals surface area contributed by atoms with E-state index < -0.39 is 0 Å². The number of nitrogens with zero attached hydrogens (tertiary/aromatic N) is 1. The van der Waals surface area contributed by atoms with Crippen LogP contribution in [0.25, 0.3) is 11.1 Å². The zero-order valence-electron chi connectivity index (χ0n) is 15.4. The van der Waals surface area contributed by atoms with E-state index in [2.05, 4.69) is 10.3 Å². The molecule has 1 N–H and O–H groups in total. The van der Waals surface area contributed by atoms with E-state index in [4.69, 9.17) is 16.0 Å². The Bertz CT molecular complexity index is 1130. The lowest BCUT2D eigenvalue weighted by Crippen LogP contribution is -2.22. The Kier molecular flexibility index (Phi) is 5.13. The Balaban J connectivity index is 1.47. The summed E-state index contributed by atoms with van der Waals surface area (Å²) in [4.78, 5) is 17.0. The summed E-state index contributed by atoms with van der Waals surface area (Å²) >= 11 is 6.03. The molecular formula is C23H19ClN2O2. The van der Waals surface area contributed by atoms with E-state index in [1.54, 1.807) is 18.2 Å². The molecule has 4 aromatic rings. The lowest BCUT2D eigenvalue weighted by molar-refractivity contribution is 0.0951. The van der Waals surface area contributed by atoms with Crippen LogP contribution in [0, 0.1) is 6.92 Å². The third-order valence-electron chi connectivity index (χ3n) is 4.51. The maximum atomic E-state index is 12.5. The maximum absolute atomic E-state index is 12.5. The number of aromatic nitrogens is 1. The van der Waals surface area contributed by atoms with Crippen molar-refractivity contribution in [2.45, 2.75) is 19.9 Å². The molecule has 4 rings (SSSR count). The summed E-state index contributed by atoms with van der Waals surface area (Å²) in [5.41, 5.74) is 5.15. The van der Waals surface area contributed by atoms with Crippen LogP contribution in [0.15, 0.2) is 71.1 Å². The Morgan fingerprint density at radius 2 is 1.86 bits per heavy atom. The predicted octanol–water partition coefficient (Wildman–Crippen LogP) is 5.31. The van der Waals surface area contributed by atoms with Crippen molar-refractivity contribution in [1.82, 2.24) is 10.3 Å².